The highest BCUT2D eigenvalue weighted by molar-refractivity contribution is 6.06. The van der Waals surface area contributed by atoms with Crippen LogP contribution in [0.5, 0.6) is 0 Å². The first-order valence-corrected chi connectivity index (χ1v) is 8.51. The van der Waals surface area contributed by atoms with Crippen LogP contribution in [0.1, 0.15) is 39.1 Å². The van der Waals surface area contributed by atoms with Gasteiger partial charge in [0.15, 0.2) is 11.9 Å². The second kappa shape index (κ2) is 6.82. The molecule has 0 radical (unpaired) electrons. The van der Waals surface area contributed by atoms with Gasteiger partial charge in [-0.25, -0.2) is 9.78 Å². The predicted octanol–water partition coefficient (Wildman–Crippen LogP) is 1.25. The number of rotatable bonds is 5. The van der Waals surface area contributed by atoms with Gasteiger partial charge in [-0.05, 0) is 32.9 Å². The maximum atomic E-state index is 12.1. The number of benzene rings is 1. The molecule has 0 saturated carbocycles. The smallest absolute Gasteiger partial charge is 0.325 e. The van der Waals surface area contributed by atoms with Crippen molar-refractivity contribution in [1.82, 2.24) is 20.2 Å². The SMILES string of the molecule is C[C@H](OC(=O)CCN1C(=O)NC(C)(C)C1=O)c1nc2ccccc2c(=O)[nH]1. The zero-order chi connectivity index (χ0) is 19.8. The van der Waals surface area contributed by atoms with Crippen LogP contribution in [0.4, 0.5) is 4.79 Å². The van der Waals surface area contributed by atoms with E-state index in [2.05, 4.69) is 15.3 Å². The Morgan fingerprint density at radius 1 is 1.26 bits per heavy atom. The fourth-order valence-corrected chi connectivity index (χ4v) is 2.83. The minimum Gasteiger partial charge on any atom is -0.454 e. The second-order valence-electron chi connectivity index (χ2n) is 6.86. The van der Waals surface area contributed by atoms with Gasteiger partial charge in [0, 0.05) is 6.54 Å². The van der Waals surface area contributed by atoms with Crippen molar-refractivity contribution in [3.8, 4) is 0 Å². The van der Waals surface area contributed by atoms with E-state index in [4.69, 9.17) is 4.74 Å². The Kier molecular flexibility index (Phi) is 4.69. The molecule has 0 bridgehead atoms. The molecule has 1 saturated heterocycles. The van der Waals surface area contributed by atoms with Gasteiger partial charge < -0.3 is 15.0 Å². The van der Waals surface area contributed by atoms with Crippen LogP contribution in [0.15, 0.2) is 29.1 Å². The number of H-pyrrole nitrogens is 1. The molecule has 1 atom stereocenters. The summed E-state index contributed by atoms with van der Waals surface area (Å²) in [6, 6.07) is 6.31. The Bertz CT molecular complexity index is 981. The summed E-state index contributed by atoms with van der Waals surface area (Å²) in [4.78, 5) is 56.0. The highest BCUT2D eigenvalue weighted by atomic mass is 16.5. The topological polar surface area (TPSA) is 121 Å². The molecule has 2 heterocycles. The van der Waals surface area contributed by atoms with E-state index in [0.717, 1.165) is 4.90 Å². The van der Waals surface area contributed by atoms with E-state index in [-0.39, 0.29) is 24.3 Å². The molecule has 0 unspecified atom stereocenters. The number of aromatic nitrogens is 2. The summed E-state index contributed by atoms with van der Waals surface area (Å²) >= 11 is 0. The minimum atomic E-state index is -0.983. The number of nitrogens with zero attached hydrogens (tertiary/aromatic N) is 2. The van der Waals surface area contributed by atoms with Crippen LogP contribution >= 0.6 is 0 Å². The predicted molar refractivity (Wildman–Crippen MR) is 95.8 cm³/mol. The Balaban J connectivity index is 1.64. The van der Waals surface area contributed by atoms with Gasteiger partial charge >= 0.3 is 12.0 Å². The number of ether oxygens (including phenoxy) is 1. The molecule has 1 aromatic heterocycles. The van der Waals surface area contributed by atoms with Crippen molar-refractivity contribution in [2.24, 2.45) is 0 Å². The van der Waals surface area contributed by atoms with Crippen molar-refractivity contribution in [3.63, 3.8) is 0 Å². The van der Waals surface area contributed by atoms with Gasteiger partial charge in [-0.2, -0.15) is 0 Å². The first-order chi connectivity index (χ1) is 12.7. The summed E-state index contributed by atoms with van der Waals surface area (Å²) in [5.74, 6) is -0.777. The van der Waals surface area contributed by atoms with Crippen molar-refractivity contribution in [2.75, 3.05) is 6.54 Å². The van der Waals surface area contributed by atoms with Crippen LogP contribution in [0.25, 0.3) is 10.9 Å². The summed E-state index contributed by atoms with van der Waals surface area (Å²) in [6.07, 6.45) is -0.938. The van der Waals surface area contributed by atoms with Crippen molar-refractivity contribution in [2.45, 2.75) is 38.8 Å². The van der Waals surface area contributed by atoms with E-state index in [1.807, 2.05) is 0 Å². The molecule has 1 fully saturated rings. The number of amides is 3. The molecular weight excluding hydrogens is 352 g/mol. The molecule has 9 nitrogen and oxygen atoms in total. The number of para-hydroxylation sites is 1. The molecule has 142 valence electrons. The highest BCUT2D eigenvalue weighted by Gasteiger charge is 2.44. The van der Waals surface area contributed by atoms with Gasteiger partial charge in [0.25, 0.3) is 11.5 Å². The molecule has 27 heavy (non-hydrogen) atoms. The summed E-state index contributed by atoms with van der Waals surface area (Å²) in [7, 11) is 0. The maximum absolute atomic E-state index is 12.1. The third-order valence-electron chi connectivity index (χ3n) is 4.31. The van der Waals surface area contributed by atoms with E-state index in [1.165, 1.54) is 0 Å². The first-order valence-electron chi connectivity index (χ1n) is 8.51. The van der Waals surface area contributed by atoms with Gasteiger partial charge in [0.2, 0.25) is 0 Å². The van der Waals surface area contributed by atoms with Crippen molar-refractivity contribution < 1.29 is 19.1 Å². The van der Waals surface area contributed by atoms with Gasteiger partial charge in [0.1, 0.15) is 5.54 Å². The molecule has 1 aliphatic rings. The van der Waals surface area contributed by atoms with Crippen LogP contribution in [-0.2, 0) is 14.3 Å². The monoisotopic (exact) mass is 372 g/mol. The lowest BCUT2D eigenvalue weighted by molar-refractivity contribution is -0.149. The van der Waals surface area contributed by atoms with Crippen LogP contribution in [-0.4, -0.2) is 44.9 Å². The van der Waals surface area contributed by atoms with Crippen LogP contribution in [0, 0.1) is 0 Å². The molecule has 2 N–H and O–H groups in total. The summed E-state index contributed by atoms with van der Waals surface area (Å²) in [6.45, 7) is 4.69. The van der Waals surface area contributed by atoms with Crippen LogP contribution < -0.4 is 10.9 Å². The van der Waals surface area contributed by atoms with E-state index in [9.17, 15) is 19.2 Å². The molecule has 1 aromatic carbocycles. The first kappa shape index (κ1) is 18.6. The molecule has 0 aliphatic carbocycles. The van der Waals surface area contributed by atoms with Gasteiger partial charge in [-0.3, -0.25) is 19.3 Å². The van der Waals surface area contributed by atoms with Gasteiger partial charge in [-0.15, -0.1) is 0 Å². The standard InChI is InChI=1S/C18H20N4O5/c1-10(14-19-12-7-5-4-6-11(12)15(24)20-14)27-13(23)8-9-22-16(25)18(2,3)21-17(22)26/h4-7,10H,8-9H2,1-3H3,(H,21,26)(H,19,20,24)/t10-/m0/s1. The normalized spacial score (nSPS) is 17.1. The third kappa shape index (κ3) is 3.67. The van der Waals surface area contributed by atoms with Crippen molar-refractivity contribution >= 4 is 28.8 Å². The number of fused-ring (bicyclic) bond motifs is 1. The molecule has 2 aromatic rings. The van der Waals surface area contributed by atoms with Gasteiger partial charge in [-0.1, -0.05) is 12.1 Å². The fraction of sp³-hybridized carbons (Fsp3) is 0.389. The summed E-state index contributed by atoms with van der Waals surface area (Å²) in [5.41, 5.74) is -0.802. The molecule has 1 aliphatic heterocycles. The lowest BCUT2D eigenvalue weighted by Crippen LogP contribution is -2.40. The average molecular weight is 372 g/mol. The van der Waals surface area contributed by atoms with E-state index in [1.54, 1.807) is 45.0 Å². The minimum absolute atomic E-state index is 0.0820. The fourth-order valence-electron chi connectivity index (χ4n) is 2.83. The number of esters is 1. The van der Waals surface area contributed by atoms with Crippen LogP contribution in [0.2, 0.25) is 0 Å². The third-order valence-corrected chi connectivity index (χ3v) is 4.31. The number of carbonyl (C=O) groups is 3. The zero-order valence-electron chi connectivity index (χ0n) is 15.2. The molecule has 3 amide bonds. The number of imide groups is 1. The zero-order valence-corrected chi connectivity index (χ0v) is 15.2. The van der Waals surface area contributed by atoms with E-state index >= 15 is 0 Å². The lowest BCUT2D eigenvalue weighted by Gasteiger charge is -2.16. The summed E-state index contributed by atoms with van der Waals surface area (Å²) < 4.78 is 5.28. The van der Waals surface area contributed by atoms with E-state index in [0.29, 0.717) is 10.9 Å². The van der Waals surface area contributed by atoms with E-state index < -0.39 is 29.6 Å². The Hall–Kier alpha value is -3.23. The molecule has 0 spiro atoms. The number of aromatic amines is 1. The van der Waals surface area contributed by atoms with Crippen molar-refractivity contribution in [1.29, 1.82) is 0 Å². The Morgan fingerprint density at radius 3 is 2.63 bits per heavy atom. The Labute approximate surface area is 154 Å². The number of nitrogens with one attached hydrogen (secondary N) is 2. The average Bonchev–Trinajstić information content (AvgIpc) is 2.80. The quantitative estimate of drug-likeness (QED) is 0.602. The molecular formula is C18H20N4O5. The highest BCUT2D eigenvalue weighted by Crippen LogP contribution is 2.18. The number of hydrogen-bond acceptors (Lipinski definition) is 6. The van der Waals surface area contributed by atoms with Crippen LogP contribution in [0.3, 0.4) is 0 Å². The number of carbonyl (C=O) groups excluding carboxylic acids is 3. The summed E-state index contributed by atoms with van der Waals surface area (Å²) in [5, 5.41) is 2.99. The molecule has 3 rings (SSSR count). The Morgan fingerprint density at radius 2 is 1.96 bits per heavy atom. The lowest BCUT2D eigenvalue weighted by atomic mass is 10.1. The maximum Gasteiger partial charge on any atom is 0.325 e. The molecule has 9 heteroatoms. The second-order valence-corrected chi connectivity index (χ2v) is 6.86. The number of urea groups is 1. The van der Waals surface area contributed by atoms with Crippen molar-refractivity contribution in [3.05, 3.63) is 40.4 Å². The number of hydrogen-bond donors (Lipinski definition) is 2. The van der Waals surface area contributed by atoms with Gasteiger partial charge in [0.05, 0.1) is 17.3 Å². The largest absolute Gasteiger partial charge is 0.454 e.